The van der Waals surface area contributed by atoms with Crippen molar-refractivity contribution in [2.45, 2.75) is 26.2 Å². The zero-order valence-corrected chi connectivity index (χ0v) is 18.6. The Labute approximate surface area is 194 Å². The summed E-state index contributed by atoms with van der Waals surface area (Å²) in [6.45, 7) is 3.53. The van der Waals surface area contributed by atoms with Crippen molar-refractivity contribution in [1.82, 2.24) is 24.8 Å². The van der Waals surface area contributed by atoms with Gasteiger partial charge in [-0.05, 0) is 42.3 Å². The highest BCUT2D eigenvalue weighted by molar-refractivity contribution is 5.95. The second kappa shape index (κ2) is 8.94. The Morgan fingerprint density at radius 1 is 0.971 bits per heavy atom. The van der Waals surface area contributed by atoms with Gasteiger partial charge in [0.05, 0.1) is 18.8 Å². The van der Waals surface area contributed by atoms with Crippen LogP contribution in [-0.2, 0) is 17.9 Å². The van der Waals surface area contributed by atoms with Crippen molar-refractivity contribution >= 4 is 11.8 Å². The predicted molar refractivity (Wildman–Crippen MR) is 117 cm³/mol. The SMILES string of the molecule is Cc1ccc(C(=O)N2CCN(C(=O)c3nnn4c3COC(c3ccc(F)cc3)C4)CC2)cc1F. The lowest BCUT2D eigenvalue weighted by Gasteiger charge is -2.34. The van der Waals surface area contributed by atoms with Crippen LogP contribution in [0.25, 0.3) is 0 Å². The molecule has 0 radical (unpaired) electrons. The Morgan fingerprint density at radius 3 is 2.32 bits per heavy atom. The Balaban J connectivity index is 1.22. The first-order valence-electron chi connectivity index (χ1n) is 11.0. The molecular formula is C24H23F2N5O3. The number of ether oxygens (including phenoxy) is 1. The highest BCUT2D eigenvalue weighted by atomic mass is 19.1. The Hall–Kier alpha value is -3.66. The number of rotatable bonds is 3. The van der Waals surface area contributed by atoms with Crippen molar-refractivity contribution in [3.05, 3.63) is 82.2 Å². The summed E-state index contributed by atoms with van der Waals surface area (Å²) >= 11 is 0. The number of nitrogens with zero attached hydrogens (tertiary/aromatic N) is 5. The molecule has 3 aromatic rings. The minimum Gasteiger partial charge on any atom is -0.365 e. The number of benzene rings is 2. The van der Waals surface area contributed by atoms with Crippen molar-refractivity contribution in [3.63, 3.8) is 0 Å². The summed E-state index contributed by atoms with van der Waals surface area (Å²) < 4.78 is 34.6. The molecule has 3 heterocycles. The molecule has 1 saturated heterocycles. The molecule has 0 spiro atoms. The van der Waals surface area contributed by atoms with Gasteiger partial charge in [0, 0.05) is 31.7 Å². The molecule has 1 aromatic heterocycles. The topological polar surface area (TPSA) is 80.6 Å². The zero-order chi connectivity index (χ0) is 23.8. The number of hydrogen-bond donors (Lipinski definition) is 0. The number of halogens is 2. The van der Waals surface area contributed by atoms with Crippen LogP contribution in [0.4, 0.5) is 8.78 Å². The van der Waals surface area contributed by atoms with Gasteiger partial charge in [-0.1, -0.05) is 23.4 Å². The van der Waals surface area contributed by atoms with Crippen LogP contribution in [0.1, 0.15) is 43.8 Å². The average Bonchev–Trinajstić information content (AvgIpc) is 3.29. The number of piperazine rings is 1. The van der Waals surface area contributed by atoms with Gasteiger partial charge in [0.15, 0.2) is 5.69 Å². The van der Waals surface area contributed by atoms with Crippen molar-refractivity contribution in [1.29, 1.82) is 0 Å². The third-order valence-electron chi connectivity index (χ3n) is 6.31. The van der Waals surface area contributed by atoms with Crippen LogP contribution in [-0.4, -0.2) is 62.8 Å². The monoisotopic (exact) mass is 467 g/mol. The number of fused-ring (bicyclic) bond motifs is 1. The Bertz CT molecular complexity index is 1240. The van der Waals surface area contributed by atoms with Crippen molar-refractivity contribution in [2.24, 2.45) is 0 Å². The smallest absolute Gasteiger partial charge is 0.276 e. The molecule has 0 bridgehead atoms. The number of aryl methyl sites for hydroxylation is 1. The fourth-order valence-corrected chi connectivity index (χ4v) is 4.23. The first-order chi connectivity index (χ1) is 16.4. The minimum absolute atomic E-state index is 0.160. The Kier molecular flexibility index (Phi) is 5.82. The maximum Gasteiger partial charge on any atom is 0.276 e. The molecule has 1 fully saturated rings. The standard InChI is InChI=1S/C24H23F2N5O3/c1-15-2-3-17(12-19(15)26)23(32)29-8-10-30(11-9-29)24(33)22-20-14-34-21(13-31(20)28-27-22)16-4-6-18(25)7-5-16/h2-7,12,21H,8-11,13-14H2,1H3. The van der Waals surface area contributed by atoms with Gasteiger partial charge >= 0.3 is 0 Å². The largest absolute Gasteiger partial charge is 0.365 e. The molecule has 0 N–H and O–H groups in total. The molecule has 1 unspecified atom stereocenters. The van der Waals surface area contributed by atoms with Crippen LogP contribution < -0.4 is 0 Å². The van der Waals surface area contributed by atoms with Crippen molar-refractivity contribution in [3.8, 4) is 0 Å². The number of amides is 2. The lowest BCUT2D eigenvalue weighted by Crippen LogP contribution is -2.50. The van der Waals surface area contributed by atoms with E-state index >= 15 is 0 Å². The summed E-state index contributed by atoms with van der Waals surface area (Å²) in [4.78, 5) is 29.1. The summed E-state index contributed by atoms with van der Waals surface area (Å²) in [6.07, 6.45) is -0.307. The molecule has 2 aliphatic rings. The zero-order valence-electron chi connectivity index (χ0n) is 18.6. The third-order valence-corrected chi connectivity index (χ3v) is 6.31. The average molecular weight is 467 g/mol. The van der Waals surface area contributed by atoms with Crippen LogP contribution in [0.15, 0.2) is 42.5 Å². The molecule has 10 heteroatoms. The van der Waals surface area contributed by atoms with Crippen LogP contribution in [0.2, 0.25) is 0 Å². The quantitative estimate of drug-likeness (QED) is 0.592. The van der Waals surface area contributed by atoms with Crippen molar-refractivity contribution < 1.29 is 23.1 Å². The molecule has 0 aliphatic carbocycles. The summed E-state index contributed by atoms with van der Waals surface area (Å²) in [6, 6.07) is 10.5. The van der Waals surface area contributed by atoms with Gasteiger partial charge in [-0.3, -0.25) is 9.59 Å². The van der Waals surface area contributed by atoms with E-state index < -0.39 is 5.82 Å². The first-order valence-corrected chi connectivity index (χ1v) is 11.0. The Morgan fingerprint density at radius 2 is 1.65 bits per heavy atom. The fraction of sp³-hybridized carbons (Fsp3) is 0.333. The lowest BCUT2D eigenvalue weighted by atomic mass is 10.1. The van der Waals surface area contributed by atoms with Crippen LogP contribution in [0.5, 0.6) is 0 Å². The summed E-state index contributed by atoms with van der Waals surface area (Å²) in [5.74, 6) is -1.26. The summed E-state index contributed by atoms with van der Waals surface area (Å²) in [7, 11) is 0. The molecule has 0 saturated carbocycles. The van der Waals surface area contributed by atoms with E-state index in [2.05, 4.69) is 10.3 Å². The van der Waals surface area contributed by atoms with Crippen LogP contribution >= 0.6 is 0 Å². The molecule has 5 rings (SSSR count). The van der Waals surface area contributed by atoms with Gasteiger partial charge in [-0.25, -0.2) is 13.5 Å². The van der Waals surface area contributed by atoms with E-state index in [4.69, 9.17) is 4.74 Å². The maximum atomic E-state index is 13.8. The molecular weight excluding hydrogens is 444 g/mol. The summed E-state index contributed by atoms with van der Waals surface area (Å²) in [5.41, 5.74) is 2.43. The van der Waals surface area contributed by atoms with Gasteiger partial charge in [0.1, 0.15) is 17.7 Å². The second-order valence-corrected chi connectivity index (χ2v) is 8.47. The molecule has 1 atom stereocenters. The number of aromatic nitrogens is 3. The molecule has 34 heavy (non-hydrogen) atoms. The van der Waals surface area contributed by atoms with Crippen LogP contribution in [0, 0.1) is 18.6 Å². The number of hydrogen-bond acceptors (Lipinski definition) is 5. The predicted octanol–water partition coefficient (Wildman–Crippen LogP) is 2.73. The molecule has 2 aromatic carbocycles. The van der Waals surface area contributed by atoms with E-state index in [9.17, 15) is 18.4 Å². The molecule has 2 amide bonds. The highest BCUT2D eigenvalue weighted by Crippen LogP contribution is 2.27. The molecule has 8 nitrogen and oxygen atoms in total. The van der Waals surface area contributed by atoms with Crippen LogP contribution in [0.3, 0.4) is 0 Å². The van der Waals surface area contributed by atoms with E-state index in [-0.39, 0.29) is 36.0 Å². The van der Waals surface area contributed by atoms with E-state index in [0.717, 1.165) is 5.56 Å². The normalized spacial score (nSPS) is 18.0. The van der Waals surface area contributed by atoms with Crippen molar-refractivity contribution in [2.75, 3.05) is 26.2 Å². The van der Waals surface area contributed by atoms with Gasteiger partial charge in [0.25, 0.3) is 11.8 Å². The van der Waals surface area contributed by atoms with E-state index in [1.54, 1.807) is 45.7 Å². The van der Waals surface area contributed by atoms with Gasteiger partial charge < -0.3 is 14.5 Å². The fourth-order valence-electron chi connectivity index (χ4n) is 4.23. The number of carbonyl (C=O) groups excluding carboxylic acids is 2. The van der Waals surface area contributed by atoms with Gasteiger partial charge in [-0.15, -0.1) is 5.10 Å². The second-order valence-electron chi connectivity index (χ2n) is 8.47. The number of carbonyl (C=O) groups is 2. The van der Waals surface area contributed by atoms with E-state index in [0.29, 0.717) is 49.5 Å². The minimum atomic E-state index is -0.416. The van der Waals surface area contributed by atoms with Gasteiger partial charge in [0.2, 0.25) is 0 Å². The van der Waals surface area contributed by atoms with E-state index in [1.807, 2.05) is 0 Å². The maximum absolute atomic E-state index is 13.8. The highest BCUT2D eigenvalue weighted by Gasteiger charge is 2.32. The third kappa shape index (κ3) is 4.16. The first kappa shape index (κ1) is 22.1. The molecule has 176 valence electrons. The van der Waals surface area contributed by atoms with Gasteiger partial charge in [-0.2, -0.15) is 0 Å². The molecule has 2 aliphatic heterocycles. The van der Waals surface area contributed by atoms with E-state index in [1.165, 1.54) is 18.2 Å². The summed E-state index contributed by atoms with van der Waals surface area (Å²) in [5, 5.41) is 8.22. The lowest BCUT2D eigenvalue weighted by molar-refractivity contribution is -0.00206.